The van der Waals surface area contributed by atoms with Crippen LogP contribution >= 0.6 is 0 Å². The maximum Gasteiger partial charge on any atom is 0.233 e. The van der Waals surface area contributed by atoms with Crippen molar-refractivity contribution in [2.75, 3.05) is 19.7 Å². The minimum absolute atomic E-state index is 0.0944. The molecule has 0 bridgehead atoms. The first kappa shape index (κ1) is 18.3. The fourth-order valence-electron chi connectivity index (χ4n) is 2.48. The average molecular weight is 330 g/mol. The van der Waals surface area contributed by atoms with Gasteiger partial charge in [0.25, 0.3) is 0 Å². The van der Waals surface area contributed by atoms with Crippen LogP contribution in [0, 0.1) is 0 Å². The van der Waals surface area contributed by atoms with E-state index in [1.807, 2.05) is 29.8 Å². The lowest BCUT2D eigenvalue weighted by atomic mass is 10.1. The number of ether oxygens (including phenoxy) is 1. The van der Waals surface area contributed by atoms with E-state index >= 15 is 0 Å². The lowest BCUT2D eigenvalue weighted by Crippen LogP contribution is -2.41. The number of hydrogen-bond donors (Lipinski definition) is 1. The van der Waals surface area contributed by atoms with Gasteiger partial charge in [0.1, 0.15) is 6.61 Å². The van der Waals surface area contributed by atoms with Crippen molar-refractivity contribution in [3.63, 3.8) is 0 Å². The number of nitrogens with zero attached hydrogens (tertiary/aromatic N) is 3. The highest BCUT2D eigenvalue weighted by molar-refractivity contribution is 5.21. The summed E-state index contributed by atoms with van der Waals surface area (Å²) < 4.78 is 7.79. The molecule has 0 fully saturated rings. The van der Waals surface area contributed by atoms with Gasteiger partial charge >= 0.3 is 0 Å². The van der Waals surface area contributed by atoms with Gasteiger partial charge in [-0.25, -0.2) is 0 Å². The van der Waals surface area contributed by atoms with E-state index in [-0.39, 0.29) is 5.54 Å². The van der Waals surface area contributed by atoms with E-state index < -0.39 is 0 Å². The molecule has 1 aromatic rings. The van der Waals surface area contributed by atoms with Gasteiger partial charge in [0.05, 0.1) is 18.8 Å². The number of allylic oxidation sites excluding steroid dienone is 1. The van der Waals surface area contributed by atoms with Crippen LogP contribution in [0.3, 0.4) is 0 Å². The molecule has 0 saturated carbocycles. The zero-order valence-electron chi connectivity index (χ0n) is 15.4. The molecule has 5 heteroatoms. The van der Waals surface area contributed by atoms with E-state index in [4.69, 9.17) is 4.74 Å². The fourth-order valence-corrected chi connectivity index (χ4v) is 2.48. The first-order valence-corrected chi connectivity index (χ1v) is 8.47. The lowest BCUT2D eigenvalue weighted by Gasteiger charge is -2.32. The summed E-state index contributed by atoms with van der Waals surface area (Å²) in [6.45, 7) is 20.4. The number of aromatic nitrogens is 2. The summed E-state index contributed by atoms with van der Waals surface area (Å²) in [5.74, 6) is 0.673. The molecule has 5 nitrogen and oxygen atoms in total. The second-order valence-corrected chi connectivity index (χ2v) is 7.14. The van der Waals surface area contributed by atoms with Gasteiger partial charge in [-0.05, 0) is 33.3 Å². The van der Waals surface area contributed by atoms with Crippen LogP contribution in [-0.4, -0.2) is 39.9 Å². The Bertz CT molecular complexity index is 622. The molecule has 1 N–H and O–H groups in total. The van der Waals surface area contributed by atoms with Crippen molar-refractivity contribution in [3.8, 4) is 5.88 Å². The predicted octanol–water partition coefficient (Wildman–Crippen LogP) is 3.11. The highest BCUT2D eigenvalue weighted by atomic mass is 16.5. The second-order valence-electron chi connectivity index (χ2n) is 7.14. The van der Waals surface area contributed by atoms with Crippen molar-refractivity contribution < 1.29 is 4.74 Å². The van der Waals surface area contributed by atoms with Gasteiger partial charge in [-0.3, -0.25) is 4.68 Å². The first-order chi connectivity index (χ1) is 11.3. The van der Waals surface area contributed by atoms with E-state index in [0.717, 1.165) is 43.1 Å². The van der Waals surface area contributed by atoms with Gasteiger partial charge in [0.15, 0.2) is 0 Å². The molecule has 0 unspecified atom stereocenters. The van der Waals surface area contributed by atoms with Crippen LogP contribution in [0.15, 0.2) is 42.6 Å². The Morgan fingerprint density at radius 3 is 2.79 bits per heavy atom. The van der Waals surface area contributed by atoms with Crippen LogP contribution in [0.4, 0.5) is 0 Å². The molecule has 0 saturated heterocycles. The number of nitrogens with one attached hydrogen (secondary N) is 1. The van der Waals surface area contributed by atoms with Crippen molar-refractivity contribution in [1.82, 2.24) is 20.0 Å². The SMILES string of the molecule is C=C/C(=C\C)COc1cc2n(n1)CCN(C(=C)CNC(C)(C)C)C2. The Kier molecular flexibility index (Phi) is 5.89. The average Bonchev–Trinajstić information content (AvgIpc) is 2.94. The quantitative estimate of drug-likeness (QED) is 0.780. The van der Waals surface area contributed by atoms with Crippen molar-refractivity contribution in [1.29, 1.82) is 0 Å². The summed E-state index contributed by atoms with van der Waals surface area (Å²) in [4.78, 5) is 2.31. The van der Waals surface area contributed by atoms with E-state index in [2.05, 4.69) is 49.2 Å². The number of fused-ring (bicyclic) bond motifs is 1. The van der Waals surface area contributed by atoms with Crippen molar-refractivity contribution in [2.45, 2.75) is 46.3 Å². The van der Waals surface area contributed by atoms with Crippen molar-refractivity contribution in [2.24, 2.45) is 0 Å². The lowest BCUT2D eigenvalue weighted by molar-refractivity contribution is 0.253. The third kappa shape index (κ3) is 4.99. The van der Waals surface area contributed by atoms with Crippen LogP contribution in [0.25, 0.3) is 0 Å². The Morgan fingerprint density at radius 1 is 1.42 bits per heavy atom. The fraction of sp³-hybridized carbons (Fsp3) is 0.526. The van der Waals surface area contributed by atoms with Crippen LogP contribution in [0.2, 0.25) is 0 Å². The minimum Gasteiger partial charge on any atom is -0.472 e. The molecule has 0 spiro atoms. The van der Waals surface area contributed by atoms with Gasteiger partial charge in [0.2, 0.25) is 5.88 Å². The highest BCUT2D eigenvalue weighted by Crippen LogP contribution is 2.20. The highest BCUT2D eigenvalue weighted by Gasteiger charge is 2.20. The maximum atomic E-state index is 5.77. The Balaban J connectivity index is 1.93. The largest absolute Gasteiger partial charge is 0.472 e. The summed E-state index contributed by atoms with van der Waals surface area (Å²) in [5.41, 5.74) is 3.43. The maximum absolute atomic E-state index is 5.77. The molecule has 1 aromatic heterocycles. The van der Waals surface area contributed by atoms with Crippen LogP contribution in [0.5, 0.6) is 5.88 Å². The predicted molar refractivity (Wildman–Crippen MR) is 99.0 cm³/mol. The molecule has 24 heavy (non-hydrogen) atoms. The normalized spacial score (nSPS) is 15.2. The minimum atomic E-state index is 0.0944. The van der Waals surface area contributed by atoms with Crippen molar-refractivity contribution in [3.05, 3.63) is 48.3 Å². The summed E-state index contributed by atoms with van der Waals surface area (Å²) in [6.07, 6.45) is 3.81. The Labute approximate surface area is 145 Å². The van der Waals surface area contributed by atoms with Crippen molar-refractivity contribution >= 4 is 0 Å². The van der Waals surface area contributed by atoms with Gasteiger partial charge in [-0.2, -0.15) is 0 Å². The molecule has 0 atom stereocenters. The van der Waals surface area contributed by atoms with Gasteiger partial charge in [0, 0.05) is 30.4 Å². The molecule has 2 rings (SSSR count). The zero-order chi connectivity index (χ0) is 17.7. The van der Waals surface area contributed by atoms with E-state index in [1.165, 1.54) is 0 Å². The Morgan fingerprint density at radius 2 is 2.17 bits per heavy atom. The molecule has 1 aliphatic heterocycles. The molecule has 1 aliphatic rings. The molecule has 0 radical (unpaired) electrons. The molecule has 0 amide bonds. The smallest absolute Gasteiger partial charge is 0.233 e. The van der Waals surface area contributed by atoms with Crippen LogP contribution < -0.4 is 10.1 Å². The molecular formula is C19H30N4O. The van der Waals surface area contributed by atoms with E-state index in [0.29, 0.717) is 12.5 Å². The zero-order valence-corrected chi connectivity index (χ0v) is 15.4. The summed E-state index contributed by atoms with van der Waals surface area (Å²) in [6, 6.07) is 2.02. The number of rotatable bonds is 7. The van der Waals surface area contributed by atoms with E-state index in [1.54, 1.807) is 0 Å². The van der Waals surface area contributed by atoms with Gasteiger partial charge in [-0.15, -0.1) is 5.10 Å². The van der Waals surface area contributed by atoms with Gasteiger partial charge < -0.3 is 15.0 Å². The third-order valence-electron chi connectivity index (χ3n) is 4.07. The molecular weight excluding hydrogens is 300 g/mol. The molecule has 0 aromatic carbocycles. The van der Waals surface area contributed by atoms with Gasteiger partial charge in [-0.1, -0.05) is 25.3 Å². The Hall–Kier alpha value is -2.01. The topological polar surface area (TPSA) is 42.3 Å². The third-order valence-corrected chi connectivity index (χ3v) is 4.07. The van der Waals surface area contributed by atoms with E-state index in [9.17, 15) is 0 Å². The molecule has 2 heterocycles. The summed E-state index contributed by atoms with van der Waals surface area (Å²) >= 11 is 0. The van der Waals surface area contributed by atoms with Crippen LogP contribution in [0.1, 0.15) is 33.4 Å². The molecule has 132 valence electrons. The monoisotopic (exact) mass is 330 g/mol. The number of hydrogen-bond acceptors (Lipinski definition) is 4. The van der Waals surface area contributed by atoms with Crippen LogP contribution in [-0.2, 0) is 13.1 Å². The summed E-state index contributed by atoms with van der Waals surface area (Å²) in [5, 5.41) is 8.02. The second kappa shape index (κ2) is 7.71. The molecule has 0 aliphatic carbocycles. The summed E-state index contributed by atoms with van der Waals surface area (Å²) in [7, 11) is 0. The first-order valence-electron chi connectivity index (χ1n) is 8.47. The standard InChI is InChI=1S/C19H30N4O/c1-7-16(8-2)14-24-18-11-17-13-22(9-10-23(17)21-18)15(3)12-20-19(4,5)6/h7-8,11,20H,1,3,9-10,12-14H2,2,4-6H3/b16-8+.